The number of rotatable bonds is 9. The first kappa shape index (κ1) is 22.5. The highest BCUT2D eigenvalue weighted by molar-refractivity contribution is 5.93. The molecule has 0 atom stereocenters. The van der Waals surface area contributed by atoms with Gasteiger partial charge >= 0.3 is 6.01 Å². The zero-order valence-electron chi connectivity index (χ0n) is 18.8. The Bertz CT molecular complexity index is 875. The Labute approximate surface area is 188 Å². The van der Waals surface area contributed by atoms with E-state index in [4.69, 9.17) is 13.9 Å². The third kappa shape index (κ3) is 5.98. The van der Waals surface area contributed by atoms with Gasteiger partial charge in [-0.2, -0.15) is 0 Å². The molecule has 2 N–H and O–H groups in total. The van der Waals surface area contributed by atoms with Gasteiger partial charge in [-0.3, -0.25) is 9.69 Å². The summed E-state index contributed by atoms with van der Waals surface area (Å²) in [6.07, 6.45) is 6.39. The summed E-state index contributed by atoms with van der Waals surface area (Å²) < 4.78 is 16.7. The van der Waals surface area contributed by atoms with Crippen LogP contribution >= 0.6 is 0 Å². The van der Waals surface area contributed by atoms with Crippen LogP contribution in [0, 0.1) is 5.92 Å². The van der Waals surface area contributed by atoms with Crippen molar-refractivity contribution in [1.82, 2.24) is 15.1 Å². The van der Waals surface area contributed by atoms with Gasteiger partial charge in [0.1, 0.15) is 5.75 Å². The molecule has 2 aromatic rings. The number of nitrogens with zero attached hydrogens (tertiary/aromatic N) is 3. The minimum atomic E-state index is 0.0841. The van der Waals surface area contributed by atoms with Crippen LogP contribution < -0.4 is 15.4 Å². The van der Waals surface area contributed by atoms with Gasteiger partial charge < -0.3 is 24.5 Å². The molecule has 4 rings (SSSR count). The lowest BCUT2D eigenvalue weighted by Crippen LogP contribution is -2.37. The summed E-state index contributed by atoms with van der Waals surface area (Å²) in [4.78, 5) is 14.9. The smallest absolute Gasteiger partial charge is 0.315 e. The van der Waals surface area contributed by atoms with E-state index >= 15 is 0 Å². The number of benzene rings is 1. The van der Waals surface area contributed by atoms with E-state index in [-0.39, 0.29) is 11.8 Å². The maximum absolute atomic E-state index is 12.5. The predicted octanol–water partition coefficient (Wildman–Crippen LogP) is 3.40. The van der Waals surface area contributed by atoms with E-state index in [1.807, 2.05) is 12.1 Å². The SMILES string of the molecule is COc1cc(NC(=O)C2CCCCC2)ccc1-c1nnc(NCCCN2CCOCC2)o1. The third-order valence-electron chi connectivity index (χ3n) is 6.13. The Hall–Kier alpha value is -2.65. The van der Waals surface area contributed by atoms with Gasteiger partial charge in [0.25, 0.3) is 5.89 Å². The highest BCUT2D eigenvalue weighted by Crippen LogP contribution is 2.33. The Balaban J connectivity index is 1.31. The molecule has 0 bridgehead atoms. The minimum Gasteiger partial charge on any atom is -0.496 e. The lowest BCUT2D eigenvalue weighted by Gasteiger charge is -2.26. The Morgan fingerprint density at radius 1 is 1.19 bits per heavy atom. The van der Waals surface area contributed by atoms with Crippen molar-refractivity contribution >= 4 is 17.6 Å². The van der Waals surface area contributed by atoms with E-state index in [0.29, 0.717) is 28.9 Å². The zero-order valence-corrected chi connectivity index (χ0v) is 18.8. The fraction of sp³-hybridized carbons (Fsp3) is 0.609. The van der Waals surface area contributed by atoms with Crippen LogP contribution in [0.1, 0.15) is 38.5 Å². The normalized spacial score (nSPS) is 17.8. The maximum atomic E-state index is 12.5. The Kier molecular flexibility index (Phi) is 7.95. The van der Waals surface area contributed by atoms with Crippen molar-refractivity contribution in [3.05, 3.63) is 18.2 Å². The second-order valence-corrected chi connectivity index (χ2v) is 8.39. The van der Waals surface area contributed by atoms with Gasteiger partial charge in [-0.05, 0) is 37.9 Å². The van der Waals surface area contributed by atoms with Crippen LogP contribution in [0.25, 0.3) is 11.5 Å². The Morgan fingerprint density at radius 3 is 2.78 bits per heavy atom. The lowest BCUT2D eigenvalue weighted by atomic mass is 9.88. The van der Waals surface area contributed by atoms with E-state index in [0.717, 1.165) is 71.5 Å². The molecule has 32 heavy (non-hydrogen) atoms. The first-order valence-electron chi connectivity index (χ1n) is 11.6. The number of amides is 1. The summed E-state index contributed by atoms with van der Waals surface area (Å²) in [6, 6.07) is 5.87. The third-order valence-corrected chi connectivity index (χ3v) is 6.13. The average molecular weight is 444 g/mol. The number of aromatic nitrogens is 2. The first-order chi connectivity index (χ1) is 15.7. The van der Waals surface area contributed by atoms with Crippen molar-refractivity contribution < 1.29 is 18.7 Å². The van der Waals surface area contributed by atoms with Gasteiger partial charge in [0.2, 0.25) is 5.91 Å². The molecule has 1 aromatic carbocycles. The number of carbonyl (C=O) groups is 1. The molecule has 1 saturated carbocycles. The predicted molar refractivity (Wildman–Crippen MR) is 122 cm³/mol. The highest BCUT2D eigenvalue weighted by Gasteiger charge is 2.22. The summed E-state index contributed by atoms with van der Waals surface area (Å²) in [5.74, 6) is 1.14. The van der Waals surface area contributed by atoms with E-state index in [2.05, 4.69) is 25.7 Å². The molecule has 1 aliphatic carbocycles. The topological polar surface area (TPSA) is 102 Å². The summed E-state index contributed by atoms with van der Waals surface area (Å²) in [6.45, 7) is 5.36. The van der Waals surface area contributed by atoms with Crippen LogP contribution in [0.3, 0.4) is 0 Å². The molecule has 0 unspecified atom stereocenters. The monoisotopic (exact) mass is 443 g/mol. The van der Waals surface area contributed by atoms with Gasteiger partial charge in [0.15, 0.2) is 0 Å². The van der Waals surface area contributed by atoms with Gasteiger partial charge in [-0.25, -0.2) is 0 Å². The standard InChI is InChI=1S/C23H33N5O4/c1-30-20-16-18(25-21(29)17-6-3-2-4-7-17)8-9-19(20)22-26-27-23(32-22)24-10-5-11-28-12-14-31-15-13-28/h8-9,16-17H,2-7,10-15H2,1H3,(H,24,27)(H,25,29). The van der Waals surface area contributed by atoms with Crippen molar-refractivity contribution in [3.8, 4) is 17.2 Å². The van der Waals surface area contributed by atoms with Crippen LogP contribution in [0.5, 0.6) is 5.75 Å². The fourth-order valence-electron chi connectivity index (χ4n) is 4.28. The molecule has 1 saturated heterocycles. The number of anilines is 2. The number of morpholine rings is 1. The van der Waals surface area contributed by atoms with E-state index in [1.54, 1.807) is 13.2 Å². The number of ether oxygens (including phenoxy) is 2. The number of hydrogen-bond donors (Lipinski definition) is 2. The van der Waals surface area contributed by atoms with Gasteiger partial charge in [-0.15, -0.1) is 5.10 Å². The summed E-state index contributed by atoms with van der Waals surface area (Å²) in [7, 11) is 1.59. The summed E-state index contributed by atoms with van der Waals surface area (Å²) in [5, 5.41) is 14.5. The molecule has 174 valence electrons. The molecule has 1 aliphatic heterocycles. The van der Waals surface area contributed by atoms with Crippen molar-refractivity contribution in [2.75, 3.05) is 57.1 Å². The van der Waals surface area contributed by atoms with Crippen LogP contribution in [0.4, 0.5) is 11.7 Å². The van der Waals surface area contributed by atoms with Gasteiger partial charge in [0, 0.05) is 37.3 Å². The molecule has 0 spiro atoms. The molecule has 9 nitrogen and oxygen atoms in total. The second kappa shape index (κ2) is 11.3. The molecule has 9 heteroatoms. The van der Waals surface area contributed by atoms with E-state index < -0.39 is 0 Å². The first-order valence-corrected chi connectivity index (χ1v) is 11.6. The zero-order chi connectivity index (χ0) is 22.2. The molecular formula is C23H33N5O4. The van der Waals surface area contributed by atoms with E-state index in [9.17, 15) is 4.79 Å². The van der Waals surface area contributed by atoms with Crippen LogP contribution in [0.2, 0.25) is 0 Å². The highest BCUT2D eigenvalue weighted by atomic mass is 16.5. The molecule has 0 radical (unpaired) electrons. The Morgan fingerprint density at radius 2 is 2.00 bits per heavy atom. The van der Waals surface area contributed by atoms with Gasteiger partial charge in [0.05, 0.1) is 25.9 Å². The van der Waals surface area contributed by atoms with E-state index in [1.165, 1.54) is 6.42 Å². The average Bonchev–Trinajstić information content (AvgIpc) is 3.31. The molecule has 1 amide bonds. The maximum Gasteiger partial charge on any atom is 0.315 e. The number of carbonyl (C=O) groups excluding carboxylic acids is 1. The second-order valence-electron chi connectivity index (χ2n) is 8.39. The fourth-order valence-corrected chi connectivity index (χ4v) is 4.28. The van der Waals surface area contributed by atoms with Crippen molar-refractivity contribution in [3.63, 3.8) is 0 Å². The molecule has 1 aromatic heterocycles. The number of hydrogen-bond acceptors (Lipinski definition) is 8. The van der Waals surface area contributed by atoms with Gasteiger partial charge in [-0.1, -0.05) is 24.4 Å². The largest absolute Gasteiger partial charge is 0.496 e. The molecule has 2 aliphatic rings. The molecular weight excluding hydrogens is 410 g/mol. The van der Waals surface area contributed by atoms with Crippen LogP contribution in [-0.2, 0) is 9.53 Å². The molecule has 2 fully saturated rings. The lowest BCUT2D eigenvalue weighted by molar-refractivity contribution is -0.120. The number of nitrogens with one attached hydrogen (secondary N) is 2. The minimum absolute atomic E-state index is 0.0841. The van der Waals surface area contributed by atoms with Crippen LogP contribution in [-0.4, -0.2) is 67.5 Å². The van der Waals surface area contributed by atoms with Crippen LogP contribution in [0.15, 0.2) is 22.6 Å². The molecule has 2 heterocycles. The van der Waals surface area contributed by atoms with Crippen molar-refractivity contribution in [2.24, 2.45) is 5.92 Å². The summed E-state index contributed by atoms with van der Waals surface area (Å²) in [5.41, 5.74) is 1.40. The van der Waals surface area contributed by atoms with Crippen molar-refractivity contribution in [2.45, 2.75) is 38.5 Å². The number of methoxy groups -OCH3 is 1. The quantitative estimate of drug-likeness (QED) is 0.569. The summed E-state index contributed by atoms with van der Waals surface area (Å²) >= 11 is 0. The van der Waals surface area contributed by atoms with Crippen molar-refractivity contribution in [1.29, 1.82) is 0 Å².